The number of rotatable bonds is 7. The van der Waals surface area contributed by atoms with E-state index in [4.69, 9.17) is 9.15 Å². The van der Waals surface area contributed by atoms with Gasteiger partial charge in [-0.1, -0.05) is 42.0 Å². The van der Waals surface area contributed by atoms with Crippen LogP contribution in [0.5, 0.6) is 5.75 Å². The van der Waals surface area contributed by atoms with Gasteiger partial charge in [0.05, 0.1) is 12.3 Å². The van der Waals surface area contributed by atoms with Crippen molar-refractivity contribution in [2.45, 2.75) is 32.4 Å². The van der Waals surface area contributed by atoms with Gasteiger partial charge >= 0.3 is 0 Å². The molecule has 2 heterocycles. The second-order valence-corrected chi connectivity index (χ2v) is 8.20. The maximum Gasteiger partial charge on any atom is 0.290 e. The maximum atomic E-state index is 13.3. The zero-order valence-electron chi connectivity index (χ0n) is 18.9. The first-order valence-corrected chi connectivity index (χ1v) is 11.1. The normalized spacial score (nSPS) is 15.9. The molecule has 3 aromatic rings. The molecule has 6 heteroatoms. The Balaban J connectivity index is 1.70. The van der Waals surface area contributed by atoms with E-state index in [1.54, 1.807) is 25.1 Å². The van der Waals surface area contributed by atoms with Gasteiger partial charge in [0.2, 0.25) is 0 Å². The molecule has 1 aromatic heterocycles. The largest absolute Gasteiger partial charge is 0.481 e. The number of benzene rings is 2. The average molecular weight is 445 g/mol. The molecule has 2 aromatic carbocycles. The van der Waals surface area contributed by atoms with Crippen LogP contribution >= 0.6 is 0 Å². The van der Waals surface area contributed by atoms with Crippen molar-refractivity contribution >= 4 is 11.8 Å². The minimum atomic E-state index is -0.662. The van der Waals surface area contributed by atoms with Crippen molar-refractivity contribution in [3.05, 3.63) is 102 Å². The number of hydrogen-bond donors (Lipinski definition) is 1. The Morgan fingerprint density at radius 3 is 2.82 bits per heavy atom. The first kappa shape index (κ1) is 22.4. The highest BCUT2D eigenvalue weighted by Crippen LogP contribution is 2.38. The Bertz CT molecular complexity index is 1150. The van der Waals surface area contributed by atoms with E-state index < -0.39 is 6.10 Å². The first-order valence-electron chi connectivity index (χ1n) is 11.1. The van der Waals surface area contributed by atoms with E-state index in [9.17, 15) is 9.59 Å². The molecule has 33 heavy (non-hydrogen) atoms. The number of nitrogens with one attached hydrogen (secondary N) is 1. The molecule has 1 aliphatic heterocycles. The highest BCUT2D eigenvalue weighted by Gasteiger charge is 2.34. The smallest absolute Gasteiger partial charge is 0.290 e. The number of nitrogens with zero attached hydrogens (tertiary/aromatic N) is 1. The van der Waals surface area contributed by atoms with Gasteiger partial charge in [0.1, 0.15) is 5.75 Å². The van der Waals surface area contributed by atoms with Crippen molar-refractivity contribution < 1.29 is 18.7 Å². The van der Waals surface area contributed by atoms with Gasteiger partial charge in [0, 0.05) is 13.1 Å². The highest BCUT2D eigenvalue weighted by molar-refractivity contribution is 5.92. The Kier molecular flexibility index (Phi) is 6.63. The van der Waals surface area contributed by atoms with Crippen LogP contribution in [0, 0.1) is 6.92 Å². The maximum absolute atomic E-state index is 13.3. The van der Waals surface area contributed by atoms with Crippen LogP contribution in [-0.2, 0) is 11.2 Å². The van der Waals surface area contributed by atoms with Crippen LogP contribution in [0.15, 0.2) is 77.9 Å². The van der Waals surface area contributed by atoms with Gasteiger partial charge < -0.3 is 19.4 Å². The summed E-state index contributed by atoms with van der Waals surface area (Å²) in [6.07, 6.45) is 3.20. The highest BCUT2D eigenvalue weighted by atomic mass is 16.5. The monoisotopic (exact) mass is 444 g/mol. The molecule has 0 fully saturated rings. The van der Waals surface area contributed by atoms with Gasteiger partial charge in [-0.05, 0) is 61.2 Å². The number of carbonyl (C=O) groups excluding carboxylic acids is 2. The lowest BCUT2D eigenvalue weighted by molar-refractivity contribution is -0.127. The predicted octanol–water partition coefficient (Wildman–Crippen LogP) is 4.45. The first-order chi connectivity index (χ1) is 16.0. The third kappa shape index (κ3) is 4.85. The zero-order chi connectivity index (χ0) is 23.4. The van der Waals surface area contributed by atoms with Crippen LogP contribution in [0.3, 0.4) is 0 Å². The van der Waals surface area contributed by atoms with E-state index in [2.05, 4.69) is 18.0 Å². The van der Waals surface area contributed by atoms with E-state index in [0.717, 1.165) is 28.7 Å². The molecule has 0 saturated heterocycles. The molecule has 4 rings (SSSR count). The molecule has 0 bridgehead atoms. The number of aryl methyl sites for hydroxylation is 1. The molecular weight excluding hydrogens is 416 g/mol. The minimum absolute atomic E-state index is 0.152. The molecular formula is C27H28N2O4. The van der Waals surface area contributed by atoms with Crippen molar-refractivity contribution in [2.75, 3.05) is 13.1 Å². The second-order valence-electron chi connectivity index (χ2n) is 8.20. The fourth-order valence-corrected chi connectivity index (χ4v) is 4.20. The molecule has 170 valence electrons. The average Bonchev–Trinajstić information content (AvgIpc) is 3.36. The summed E-state index contributed by atoms with van der Waals surface area (Å²) in [6.45, 7) is 8.32. The predicted molar refractivity (Wildman–Crippen MR) is 126 cm³/mol. The summed E-state index contributed by atoms with van der Waals surface area (Å²) >= 11 is 0. The van der Waals surface area contributed by atoms with Gasteiger partial charge in [-0.2, -0.15) is 0 Å². The van der Waals surface area contributed by atoms with E-state index in [0.29, 0.717) is 24.6 Å². The van der Waals surface area contributed by atoms with Crippen molar-refractivity contribution in [3.8, 4) is 5.75 Å². The van der Waals surface area contributed by atoms with E-state index >= 15 is 0 Å². The van der Waals surface area contributed by atoms with Gasteiger partial charge in [-0.3, -0.25) is 9.59 Å². The van der Waals surface area contributed by atoms with Crippen LogP contribution in [0.2, 0.25) is 0 Å². The molecule has 0 unspecified atom stereocenters. The number of hydrogen-bond acceptors (Lipinski definition) is 4. The second kappa shape index (κ2) is 9.77. The Morgan fingerprint density at radius 2 is 2.09 bits per heavy atom. The molecule has 0 radical (unpaired) electrons. The third-order valence-corrected chi connectivity index (χ3v) is 5.80. The summed E-state index contributed by atoms with van der Waals surface area (Å²) in [5, 5.41) is 2.75. The molecule has 2 atom stereocenters. The van der Waals surface area contributed by atoms with E-state index in [1.807, 2.05) is 48.2 Å². The fraction of sp³-hybridized carbons (Fsp3) is 0.259. The van der Waals surface area contributed by atoms with Crippen LogP contribution in [0.4, 0.5) is 0 Å². The molecule has 1 N–H and O–H groups in total. The summed E-state index contributed by atoms with van der Waals surface area (Å²) in [5.74, 6) is 0.536. The Labute approximate surface area is 193 Å². The Hall–Kier alpha value is -3.80. The number of furan rings is 1. The summed E-state index contributed by atoms with van der Waals surface area (Å²) in [5.41, 5.74) is 4.28. The van der Waals surface area contributed by atoms with Crippen molar-refractivity contribution in [1.29, 1.82) is 0 Å². The molecule has 0 saturated carbocycles. The third-order valence-electron chi connectivity index (χ3n) is 5.80. The number of fused-ring (bicyclic) bond motifs is 1. The van der Waals surface area contributed by atoms with Gasteiger partial charge in [0.25, 0.3) is 11.8 Å². The lowest BCUT2D eigenvalue weighted by Gasteiger charge is -2.37. The molecule has 2 amide bonds. The SMILES string of the molecule is C=CCNC(=O)[C@@H](C)Oc1ccc2c(c1)[C@@H](c1cccc(C)c1)N(C(=O)c1ccco1)CC2. The lowest BCUT2D eigenvalue weighted by Crippen LogP contribution is -2.40. The zero-order valence-corrected chi connectivity index (χ0v) is 18.9. The number of ether oxygens (including phenoxy) is 1. The van der Waals surface area contributed by atoms with Gasteiger partial charge in [-0.25, -0.2) is 0 Å². The van der Waals surface area contributed by atoms with E-state index in [1.165, 1.54) is 6.26 Å². The van der Waals surface area contributed by atoms with Gasteiger partial charge in [-0.15, -0.1) is 6.58 Å². The molecule has 6 nitrogen and oxygen atoms in total. The van der Waals surface area contributed by atoms with Crippen LogP contribution < -0.4 is 10.1 Å². The van der Waals surface area contributed by atoms with Crippen molar-refractivity contribution in [2.24, 2.45) is 0 Å². The number of amides is 2. The van der Waals surface area contributed by atoms with Gasteiger partial charge in [0.15, 0.2) is 11.9 Å². The van der Waals surface area contributed by atoms with Crippen LogP contribution in [-0.4, -0.2) is 35.9 Å². The quantitative estimate of drug-likeness (QED) is 0.547. The molecule has 0 aliphatic carbocycles. The fourth-order valence-electron chi connectivity index (χ4n) is 4.20. The topological polar surface area (TPSA) is 71.8 Å². The summed E-state index contributed by atoms with van der Waals surface area (Å²) < 4.78 is 11.4. The molecule has 0 spiro atoms. The van der Waals surface area contributed by atoms with Crippen LogP contribution in [0.1, 0.15) is 45.8 Å². The Morgan fingerprint density at radius 1 is 1.24 bits per heavy atom. The summed E-state index contributed by atoms with van der Waals surface area (Å²) in [7, 11) is 0. The van der Waals surface area contributed by atoms with Crippen LogP contribution in [0.25, 0.3) is 0 Å². The van der Waals surface area contributed by atoms with Crippen molar-refractivity contribution in [3.63, 3.8) is 0 Å². The number of carbonyl (C=O) groups is 2. The summed E-state index contributed by atoms with van der Waals surface area (Å²) in [6, 6.07) is 17.1. The summed E-state index contributed by atoms with van der Waals surface area (Å²) in [4.78, 5) is 27.4. The van der Waals surface area contributed by atoms with Crippen molar-refractivity contribution in [1.82, 2.24) is 10.2 Å². The van der Waals surface area contributed by atoms with E-state index in [-0.39, 0.29) is 17.9 Å². The molecule has 1 aliphatic rings. The lowest BCUT2D eigenvalue weighted by atomic mass is 9.87. The minimum Gasteiger partial charge on any atom is -0.481 e. The standard InChI is InChI=1S/C27H28N2O4/c1-4-13-28-26(30)19(3)33-22-11-10-20-12-14-29(27(31)24-9-6-15-32-24)25(23(20)17-22)21-8-5-7-18(2)16-21/h4-11,15-17,19,25H,1,12-14H2,2-3H3,(H,28,30)/t19-,25-/m1/s1.